The predicted molar refractivity (Wildman–Crippen MR) is 444 cm³/mol. The molecule has 1 amide bonds. The van der Waals surface area contributed by atoms with Crippen LogP contribution in [-0.2, 0) is 57.9 Å². The van der Waals surface area contributed by atoms with E-state index < -0.39 is 52.8 Å². The first-order valence-corrected chi connectivity index (χ1v) is 37.1. The van der Waals surface area contributed by atoms with Crippen molar-refractivity contribution in [2.24, 2.45) is 44.1 Å². The van der Waals surface area contributed by atoms with E-state index in [4.69, 9.17) is 35.2 Å². The monoisotopic (exact) mass is 1590 g/mol. The molecular weight excluding hydrogens is 1450 g/mol. The molecule has 0 saturated carbocycles. The van der Waals surface area contributed by atoms with Gasteiger partial charge in [0.05, 0.1) is 98.0 Å². The van der Waals surface area contributed by atoms with Crippen LogP contribution in [0.1, 0.15) is 265 Å². The molecule has 0 spiro atoms. The second-order valence-electron chi connectivity index (χ2n) is 34.2. The minimum absolute atomic E-state index is 0.00625. The van der Waals surface area contributed by atoms with Crippen molar-refractivity contribution in [2.45, 2.75) is 284 Å². The Bertz CT molecular complexity index is 3250. The van der Waals surface area contributed by atoms with Crippen LogP contribution in [0.15, 0.2) is 114 Å². The Balaban J connectivity index is -0.000000148. The van der Waals surface area contributed by atoms with E-state index in [2.05, 4.69) is 66.8 Å². The number of ether oxygens (including phenoxy) is 5. The Morgan fingerprint density at radius 3 is 1.29 bits per heavy atom. The van der Waals surface area contributed by atoms with Crippen LogP contribution in [0.25, 0.3) is 0 Å². The van der Waals surface area contributed by atoms with Gasteiger partial charge in [-0.1, -0.05) is 222 Å². The smallest absolute Gasteiger partial charge is 0.336 e. The molecule has 2 aromatic heterocycles. The molecule has 0 aliphatic carbocycles. The SMILES string of the molecule is C/C(F)=C/C(=O)C(C)(C)C.C/C=C/C(=O)C(C)(C)C.C=C(C#N)C(O)C(C)(C)C.C=C(C#N)C(O)CC(C)(C)C.C=C(C(=O)OCC)C(O)C(C)(C)C.C=C(COC(C)C)C(=O)OCC.CC(C)(C)c1cnc(F)nc1.CC(C)=CC(=O)C(C)(C)C.CC(C)C.COC(=O)/C=C/COC(C)(C)C.NC(=O)c1csc(F)n1. The van der Waals surface area contributed by atoms with Gasteiger partial charge in [-0.2, -0.15) is 19.3 Å². The standard InChI is InChI=1S/C10H18O3.C9H15NO.2C9H16O3.C9H16O.C8H11FN2.C8H13FO.C8H13NO.C8H14O.C4H3FN2OS.C4H10/c1-6-13-9(12)7(2)8(11)10(3,4)5;1-7(6-10)8(11)5-9(2,3)4;1-9(2,3)12-7-5-6-8(10)11-4;1-5-11-9(10)8(4)6-12-7(2)3;1-7(2)6-8(10)9(3,4)5;1-8(2,3)6-4-10-7(9)11-5-6;1-6(9)5-7(10)8(2,3)4;1-6(5-9)7(10)8(2,3)4;1-5-6-7(9)8(2,3)4;5-4-7-2(1-9-4)3(6)8;1-4(2)3/h8,11H,2,6H2,1,3-5H3;8,11H,1,5H2,2-4H3;5-6H,7H2,1-4H3;7H,4-6H2,1-3H3;6H,1-5H3;4-5H,1-3H3;5H,1-4H3;7,10H,1H2,2-4H3;5-6H,1-4H3;1H,(H2,6,8);4H,1-3H3/b;;6-5+;;;;6-5-;;6-5+;;. The predicted octanol–water partition coefficient (Wildman–Crippen LogP) is 19.1. The lowest BCUT2D eigenvalue weighted by molar-refractivity contribution is -0.141. The van der Waals surface area contributed by atoms with Crippen LogP contribution in [0.2, 0.25) is 0 Å². The number of halogens is 3. The van der Waals surface area contributed by atoms with Gasteiger partial charge < -0.3 is 44.7 Å². The number of amides is 1. The Kier molecular flexibility index (Phi) is 66.4. The van der Waals surface area contributed by atoms with Crippen LogP contribution in [0.3, 0.4) is 0 Å². The number of ketones is 3. The summed E-state index contributed by atoms with van der Waals surface area (Å²) in [5, 5.41) is 45.7. The highest BCUT2D eigenvalue weighted by atomic mass is 32.1. The van der Waals surface area contributed by atoms with Crippen molar-refractivity contribution >= 4 is 52.5 Å². The average molecular weight is 1590 g/mol. The highest BCUT2D eigenvalue weighted by Crippen LogP contribution is 2.27. The number of primary amides is 1. The van der Waals surface area contributed by atoms with E-state index in [1.807, 2.05) is 192 Å². The number of methoxy groups -OCH3 is 1. The minimum Gasteiger partial charge on any atom is -0.466 e. The van der Waals surface area contributed by atoms with Crippen LogP contribution >= 0.6 is 11.3 Å². The van der Waals surface area contributed by atoms with Crippen molar-refractivity contribution in [3.05, 3.63) is 137 Å². The van der Waals surface area contributed by atoms with Crippen molar-refractivity contribution in [3.8, 4) is 12.1 Å². The Morgan fingerprint density at radius 2 is 1.05 bits per heavy atom. The number of thiazole rings is 1. The Labute approximate surface area is 671 Å². The van der Waals surface area contributed by atoms with Gasteiger partial charge >= 0.3 is 24.0 Å². The molecule has 0 bridgehead atoms. The largest absolute Gasteiger partial charge is 0.466 e. The van der Waals surface area contributed by atoms with Crippen molar-refractivity contribution in [3.63, 3.8) is 0 Å². The van der Waals surface area contributed by atoms with E-state index >= 15 is 0 Å². The molecule has 2 aromatic rings. The maximum absolute atomic E-state index is 12.3. The van der Waals surface area contributed by atoms with Gasteiger partial charge in [0.15, 0.2) is 17.3 Å². The number of aliphatic hydroxyl groups is 3. The molecule has 0 aliphatic rings. The number of aliphatic hydroxyl groups excluding tert-OH is 3. The van der Waals surface area contributed by atoms with Crippen molar-refractivity contribution < 1.29 is 85.7 Å². The second-order valence-corrected chi connectivity index (χ2v) is 35.0. The summed E-state index contributed by atoms with van der Waals surface area (Å²) in [5.41, 5.74) is 6.02. The summed E-state index contributed by atoms with van der Waals surface area (Å²) in [6.45, 7) is 81.9. The molecule has 111 heavy (non-hydrogen) atoms. The normalized spacial score (nSPS) is 12.0. The summed E-state index contributed by atoms with van der Waals surface area (Å²) < 4.78 is 60.7. The number of carbonyl (C=O) groups is 7. The van der Waals surface area contributed by atoms with Gasteiger partial charge in [0, 0.05) is 46.2 Å². The number of carbonyl (C=O) groups excluding carboxylic acids is 7. The van der Waals surface area contributed by atoms with E-state index in [-0.39, 0.29) is 103 Å². The fourth-order valence-corrected chi connectivity index (χ4v) is 6.16. The van der Waals surface area contributed by atoms with E-state index in [0.29, 0.717) is 31.8 Å². The van der Waals surface area contributed by atoms with Gasteiger partial charge in [-0.3, -0.25) is 19.2 Å². The fraction of sp³-hybridized carbons (Fsp3) is 0.628. The van der Waals surface area contributed by atoms with Crippen LogP contribution < -0.4 is 5.73 Å². The van der Waals surface area contributed by atoms with Gasteiger partial charge in [0.25, 0.3) is 11.2 Å². The zero-order chi connectivity index (χ0) is 90.4. The molecule has 636 valence electrons. The summed E-state index contributed by atoms with van der Waals surface area (Å²) in [4.78, 5) is 86.1. The zero-order valence-electron chi connectivity index (χ0n) is 74.5. The number of rotatable bonds is 18. The summed E-state index contributed by atoms with van der Waals surface area (Å²) in [6.07, 6.45) is 9.89. The number of nitrogens with two attached hydrogens (primary N) is 1. The van der Waals surface area contributed by atoms with Crippen molar-refractivity contribution in [1.29, 1.82) is 10.5 Å². The van der Waals surface area contributed by atoms with Gasteiger partial charge in [-0.25, -0.2) is 33.7 Å². The van der Waals surface area contributed by atoms with Gasteiger partial charge in [0.2, 0.25) is 0 Å². The molecule has 2 heterocycles. The number of hydrogen-bond acceptors (Lipinski definition) is 21. The highest BCUT2D eigenvalue weighted by molar-refractivity contribution is 7.08. The van der Waals surface area contributed by atoms with E-state index in [9.17, 15) is 62.1 Å². The lowest BCUT2D eigenvalue weighted by Crippen LogP contribution is -2.31. The molecule has 3 atom stereocenters. The first-order valence-electron chi connectivity index (χ1n) is 36.2. The highest BCUT2D eigenvalue weighted by Gasteiger charge is 2.29. The molecule has 5 N–H and O–H groups in total. The molecule has 21 nitrogen and oxygen atoms in total. The first kappa shape index (κ1) is 121. The Hall–Kier alpha value is -7.91. The average Bonchev–Trinajstić information content (AvgIpc) is 1.52. The number of aromatic nitrogens is 3. The van der Waals surface area contributed by atoms with Crippen molar-refractivity contribution in [1.82, 2.24) is 15.0 Å². The number of nitrogens with zero attached hydrogens (tertiary/aromatic N) is 5. The molecular formula is C86H145F3N6O15S. The van der Waals surface area contributed by atoms with E-state index in [0.717, 1.165) is 34.5 Å². The number of nitriles is 2. The Morgan fingerprint density at radius 1 is 0.640 bits per heavy atom. The molecule has 2 rings (SSSR count). The van der Waals surface area contributed by atoms with E-state index in [1.54, 1.807) is 58.9 Å². The third-order valence-corrected chi connectivity index (χ3v) is 12.7. The molecule has 0 aromatic carbocycles. The minimum atomic E-state index is -0.855. The van der Waals surface area contributed by atoms with Crippen molar-refractivity contribution in [2.75, 3.05) is 33.5 Å². The van der Waals surface area contributed by atoms with Gasteiger partial charge in [-0.05, 0) is 128 Å². The zero-order valence-corrected chi connectivity index (χ0v) is 75.4. The first-order chi connectivity index (χ1) is 49.7. The third-order valence-electron chi connectivity index (χ3n) is 12.1. The molecule has 0 fully saturated rings. The lowest BCUT2D eigenvalue weighted by atomic mass is 9.85. The van der Waals surface area contributed by atoms with Crippen LogP contribution in [-0.4, -0.2) is 135 Å². The molecule has 0 saturated heterocycles. The van der Waals surface area contributed by atoms with Crippen LogP contribution in [0.4, 0.5) is 13.2 Å². The van der Waals surface area contributed by atoms with E-state index in [1.165, 1.54) is 37.9 Å². The molecule has 3 unspecified atom stereocenters. The van der Waals surface area contributed by atoms with Crippen LogP contribution in [0.5, 0.6) is 0 Å². The van der Waals surface area contributed by atoms with Gasteiger partial charge in [-0.15, -0.1) is 0 Å². The molecule has 0 aliphatic heterocycles. The number of allylic oxidation sites excluding steroid dienone is 6. The third kappa shape index (κ3) is 81.4. The maximum Gasteiger partial charge on any atom is 0.336 e. The lowest BCUT2D eigenvalue weighted by Gasteiger charge is -2.26. The maximum atomic E-state index is 12.3. The summed E-state index contributed by atoms with van der Waals surface area (Å²) in [5.74, 6) is -1.34. The van der Waals surface area contributed by atoms with Gasteiger partial charge in [0.1, 0.15) is 11.5 Å². The summed E-state index contributed by atoms with van der Waals surface area (Å²) in [7, 11) is 1.34. The topological polar surface area (TPSA) is 339 Å². The quantitative estimate of drug-likeness (QED) is 0.0354. The number of esters is 3. The van der Waals surface area contributed by atoms with Crippen LogP contribution in [0, 0.1) is 72.4 Å². The summed E-state index contributed by atoms with van der Waals surface area (Å²) in [6, 6.07) is 3.67. The summed E-state index contributed by atoms with van der Waals surface area (Å²) >= 11 is 0.754. The second kappa shape index (κ2) is 60.7. The fourth-order valence-electron chi connectivity index (χ4n) is 5.63. The molecule has 0 radical (unpaired) electrons. The number of hydrogen-bond donors (Lipinski definition) is 4. The molecule has 25 heteroatoms.